The number of amides is 1. The molecule has 0 aliphatic carbocycles. The molecule has 2 atom stereocenters. The summed E-state index contributed by atoms with van der Waals surface area (Å²) in [4.78, 5) is 24.3. The molecule has 5 nitrogen and oxygen atoms in total. The molecule has 1 amide bonds. The van der Waals surface area contributed by atoms with Gasteiger partial charge in [-0.05, 0) is 19.4 Å². The molecule has 0 radical (unpaired) electrons. The first kappa shape index (κ1) is 9.45. The summed E-state index contributed by atoms with van der Waals surface area (Å²) in [5.74, 6) is -1.13. The molecule has 2 N–H and O–H groups in total. The summed E-state index contributed by atoms with van der Waals surface area (Å²) in [6.07, 6.45) is 1.13. The Hall–Kier alpha value is -1.10. The summed E-state index contributed by atoms with van der Waals surface area (Å²) in [7, 11) is 0. The molecule has 2 aliphatic rings. The minimum absolute atomic E-state index is 0.0119. The van der Waals surface area contributed by atoms with Gasteiger partial charge in [0.25, 0.3) is 0 Å². The van der Waals surface area contributed by atoms with E-state index in [1.807, 2.05) is 0 Å². The fourth-order valence-electron chi connectivity index (χ4n) is 2.22. The van der Waals surface area contributed by atoms with E-state index in [0.29, 0.717) is 19.4 Å². The normalized spacial score (nSPS) is 33.3. The first-order valence-electron chi connectivity index (χ1n) is 4.93. The fraction of sp³-hybridized carbons (Fsp3) is 0.778. The predicted octanol–water partition coefficient (Wildman–Crippen LogP) is -0.719. The summed E-state index contributed by atoms with van der Waals surface area (Å²) in [5.41, 5.74) is 0. The summed E-state index contributed by atoms with van der Waals surface area (Å²) >= 11 is 0. The first-order chi connectivity index (χ1) is 6.68. The quantitative estimate of drug-likeness (QED) is 0.583. The van der Waals surface area contributed by atoms with Crippen molar-refractivity contribution in [2.75, 3.05) is 19.6 Å². The number of piperidine rings is 1. The number of carboxylic acid groups (broad SMARTS) is 1. The Morgan fingerprint density at radius 3 is 3.00 bits per heavy atom. The lowest BCUT2D eigenvalue weighted by Crippen LogP contribution is -2.58. The molecule has 78 valence electrons. The van der Waals surface area contributed by atoms with E-state index in [1.54, 1.807) is 0 Å². The van der Waals surface area contributed by atoms with Gasteiger partial charge in [0.2, 0.25) is 5.91 Å². The Morgan fingerprint density at radius 2 is 2.29 bits per heavy atom. The van der Waals surface area contributed by atoms with Crippen molar-refractivity contribution < 1.29 is 14.7 Å². The second-order valence-corrected chi connectivity index (χ2v) is 3.90. The molecule has 0 bridgehead atoms. The lowest BCUT2D eigenvalue weighted by molar-refractivity contribution is -0.146. The van der Waals surface area contributed by atoms with E-state index in [9.17, 15) is 9.59 Å². The highest BCUT2D eigenvalue weighted by Gasteiger charge is 2.37. The lowest BCUT2D eigenvalue weighted by Gasteiger charge is -2.40. The molecule has 2 heterocycles. The van der Waals surface area contributed by atoms with Crippen molar-refractivity contribution in [2.45, 2.75) is 18.9 Å². The number of aliphatic carboxylic acids is 1. The average Bonchev–Trinajstić information content (AvgIpc) is 2.18. The van der Waals surface area contributed by atoms with Crippen LogP contribution in [0, 0.1) is 5.92 Å². The van der Waals surface area contributed by atoms with Crippen LogP contribution in [0.25, 0.3) is 0 Å². The van der Waals surface area contributed by atoms with Gasteiger partial charge in [-0.3, -0.25) is 14.5 Å². The smallest absolute Gasteiger partial charge is 0.306 e. The van der Waals surface area contributed by atoms with Crippen LogP contribution in [0.5, 0.6) is 0 Å². The van der Waals surface area contributed by atoms with Crippen LogP contribution in [0.4, 0.5) is 0 Å². The Bertz CT molecular complexity index is 267. The maximum Gasteiger partial charge on any atom is 0.306 e. The average molecular weight is 198 g/mol. The molecular formula is C9H14N2O3. The number of carboxylic acids is 1. The third kappa shape index (κ3) is 1.59. The molecule has 2 fully saturated rings. The van der Waals surface area contributed by atoms with Crippen molar-refractivity contribution in [3.05, 3.63) is 0 Å². The molecule has 2 rings (SSSR count). The number of carbonyl (C=O) groups excluding carboxylic acids is 1. The SMILES string of the molecule is O=C(O)[C@@H]1CCN2CCNC(=O)[C@@H]2C1. The highest BCUT2D eigenvalue weighted by molar-refractivity contribution is 5.83. The molecule has 2 saturated heterocycles. The van der Waals surface area contributed by atoms with Crippen LogP contribution < -0.4 is 5.32 Å². The Morgan fingerprint density at radius 1 is 1.50 bits per heavy atom. The van der Waals surface area contributed by atoms with Crippen molar-refractivity contribution in [1.29, 1.82) is 0 Å². The highest BCUT2D eigenvalue weighted by atomic mass is 16.4. The van der Waals surface area contributed by atoms with Crippen LogP contribution in [0.2, 0.25) is 0 Å². The van der Waals surface area contributed by atoms with Gasteiger partial charge in [-0.1, -0.05) is 0 Å². The number of rotatable bonds is 1. The molecule has 0 aromatic rings. The molecular weight excluding hydrogens is 184 g/mol. The Labute approximate surface area is 82.1 Å². The van der Waals surface area contributed by atoms with Gasteiger partial charge in [0.15, 0.2) is 0 Å². The van der Waals surface area contributed by atoms with Gasteiger partial charge in [0.1, 0.15) is 0 Å². The Balaban J connectivity index is 2.05. The van der Waals surface area contributed by atoms with Crippen LogP contribution >= 0.6 is 0 Å². The van der Waals surface area contributed by atoms with Crippen molar-refractivity contribution in [1.82, 2.24) is 10.2 Å². The minimum Gasteiger partial charge on any atom is -0.481 e. The van der Waals surface area contributed by atoms with Gasteiger partial charge in [-0.2, -0.15) is 0 Å². The zero-order valence-corrected chi connectivity index (χ0v) is 7.90. The number of hydrogen-bond acceptors (Lipinski definition) is 3. The largest absolute Gasteiger partial charge is 0.481 e. The zero-order chi connectivity index (χ0) is 10.1. The van der Waals surface area contributed by atoms with Gasteiger partial charge >= 0.3 is 5.97 Å². The van der Waals surface area contributed by atoms with Gasteiger partial charge in [0, 0.05) is 13.1 Å². The fourth-order valence-corrected chi connectivity index (χ4v) is 2.22. The van der Waals surface area contributed by atoms with Crippen molar-refractivity contribution in [2.24, 2.45) is 5.92 Å². The molecule has 0 aromatic carbocycles. The molecule has 2 aliphatic heterocycles. The van der Waals surface area contributed by atoms with Crippen LogP contribution in [-0.2, 0) is 9.59 Å². The van der Waals surface area contributed by atoms with Crippen LogP contribution in [-0.4, -0.2) is 47.6 Å². The monoisotopic (exact) mass is 198 g/mol. The topological polar surface area (TPSA) is 69.6 Å². The number of nitrogens with zero attached hydrogens (tertiary/aromatic N) is 1. The molecule has 5 heteroatoms. The van der Waals surface area contributed by atoms with Crippen molar-refractivity contribution in [3.63, 3.8) is 0 Å². The second-order valence-electron chi connectivity index (χ2n) is 3.90. The van der Waals surface area contributed by atoms with E-state index < -0.39 is 5.97 Å². The standard InChI is InChI=1S/C9H14N2O3/c12-8-7-5-6(9(13)14)1-3-11(7)4-2-10-8/h6-7H,1-5H2,(H,10,12)(H,13,14)/t6-,7+/m1/s1. The number of fused-ring (bicyclic) bond motifs is 1. The minimum atomic E-state index is -0.775. The summed E-state index contributed by atoms with van der Waals surface area (Å²) in [5, 5.41) is 11.6. The molecule has 0 aromatic heterocycles. The second kappa shape index (κ2) is 3.57. The van der Waals surface area contributed by atoms with E-state index in [0.717, 1.165) is 13.1 Å². The van der Waals surface area contributed by atoms with Gasteiger partial charge < -0.3 is 10.4 Å². The maximum absolute atomic E-state index is 11.5. The summed E-state index contributed by atoms with van der Waals surface area (Å²) < 4.78 is 0. The number of nitrogens with one attached hydrogen (secondary N) is 1. The van der Waals surface area contributed by atoms with Gasteiger partial charge in [-0.25, -0.2) is 0 Å². The molecule has 0 spiro atoms. The zero-order valence-electron chi connectivity index (χ0n) is 7.90. The molecule has 0 saturated carbocycles. The van der Waals surface area contributed by atoms with Crippen molar-refractivity contribution >= 4 is 11.9 Å². The first-order valence-corrected chi connectivity index (χ1v) is 4.93. The summed E-state index contributed by atoms with van der Waals surface area (Å²) in [6.45, 7) is 2.27. The number of piperazine rings is 1. The lowest BCUT2D eigenvalue weighted by atomic mass is 9.89. The highest BCUT2D eigenvalue weighted by Crippen LogP contribution is 2.24. The van der Waals surface area contributed by atoms with E-state index in [1.165, 1.54) is 0 Å². The number of hydrogen-bond donors (Lipinski definition) is 2. The molecule has 14 heavy (non-hydrogen) atoms. The maximum atomic E-state index is 11.5. The van der Waals surface area contributed by atoms with Crippen LogP contribution in [0.3, 0.4) is 0 Å². The third-order valence-electron chi connectivity index (χ3n) is 3.06. The number of carbonyl (C=O) groups is 2. The molecule has 0 unspecified atom stereocenters. The third-order valence-corrected chi connectivity index (χ3v) is 3.06. The van der Waals surface area contributed by atoms with E-state index in [-0.39, 0.29) is 17.9 Å². The van der Waals surface area contributed by atoms with Crippen LogP contribution in [0.15, 0.2) is 0 Å². The van der Waals surface area contributed by atoms with E-state index in [4.69, 9.17) is 5.11 Å². The van der Waals surface area contributed by atoms with Crippen LogP contribution in [0.1, 0.15) is 12.8 Å². The van der Waals surface area contributed by atoms with E-state index >= 15 is 0 Å². The van der Waals surface area contributed by atoms with E-state index in [2.05, 4.69) is 10.2 Å². The predicted molar refractivity (Wildman–Crippen MR) is 48.7 cm³/mol. The van der Waals surface area contributed by atoms with Gasteiger partial charge in [-0.15, -0.1) is 0 Å². The Kier molecular flexibility index (Phi) is 2.41. The van der Waals surface area contributed by atoms with Gasteiger partial charge in [0.05, 0.1) is 12.0 Å². The van der Waals surface area contributed by atoms with Crippen molar-refractivity contribution in [3.8, 4) is 0 Å². The summed E-state index contributed by atoms with van der Waals surface area (Å²) in [6, 6.07) is -0.210.